The van der Waals surface area contributed by atoms with Gasteiger partial charge in [-0.15, -0.1) is 10.2 Å². The summed E-state index contributed by atoms with van der Waals surface area (Å²) >= 11 is 0. The van der Waals surface area contributed by atoms with Crippen molar-refractivity contribution in [2.45, 2.75) is 25.4 Å². The Morgan fingerprint density at radius 3 is 2.83 bits per heavy atom. The van der Waals surface area contributed by atoms with E-state index in [4.69, 9.17) is 0 Å². The van der Waals surface area contributed by atoms with Crippen molar-refractivity contribution in [3.05, 3.63) is 54.0 Å². The zero-order valence-electron chi connectivity index (χ0n) is 12.8. The molecule has 24 heavy (non-hydrogen) atoms. The molecule has 0 saturated heterocycles. The van der Waals surface area contributed by atoms with Gasteiger partial charge in [0.15, 0.2) is 5.82 Å². The fourth-order valence-corrected chi connectivity index (χ4v) is 3.06. The van der Waals surface area contributed by atoms with Crippen LogP contribution in [-0.2, 0) is 6.54 Å². The number of hydrogen-bond acceptors (Lipinski definition) is 5. The van der Waals surface area contributed by atoms with Crippen LogP contribution >= 0.6 is 0 Å². The van der Waals surface area contributed by atoms with Crippen molar-refractivity contribution in [1.29, 1.82) is 0 Å². The van der Waals surface area contributed by atoms with Gasteiger partial charge in [0.2, 0.25) is 5.95 Å². The summed E-state index contributed by atoms with van der Waals surface area (Å²) in [6.45, 7) is 0.494. The summed E-state index contributed by atoms with van der Waals surface area (Å²) in [6.07, 6.45) is 5.69. The zero-order chi connectivity index (χ0) is 16.1. The van der Waals surface area contributed by atoms with Crippen molar-refractivity contribution in [2.75, 3.05) is 4.90 Å². The molecule has 1 saturated carbocycles. The maximum absolute atomic E-state index is 12.6. The lowest BCUT2D eigenvalue weighted by Gasteiger charge is -2.14. The number of hydrogen-bond donors (Lipinski definition) is 0. The molecule has 0 unspecified atom stereocenters. The van der Waals surface area contributed by atoms with Gasteiger partial charge >= 0.3 is 0 Å². The van der Waals surface area contributed by atoms with Gasteiger partial charge in [0.25, 0.3) is 5.91 Å². The van der Waals surface area contributed by atoms with Crippen LogP contribution in [0.5, 0.6) is 0 Å². The van der Waals surface area contributed by atoms with Gasteiger partial charge in [-0.2, -0.15) is 0 Å². The fraction of sp³-hybridized carbons (Fsp3) is 0.235. The van der Waals surface area contributed by atoms with E-state index in [1.165, 1.54) is 0 Å². The van der Waals surface area contributed by atoms with Crippen molar-refractivity contribution in [3.8, 4) is 11.5 Å². The molecule has 7 heteroatoms. The first-order chi connectivity index (χ1) is 11.8. The van der Waals surface area contributed by atoms with E-state index in [0.29, 0.717) is 29.8 Å². The quantitative estimate of drug-likeness (QED) is 0.740. The summed E-state index contributed by atoms with van der Waals surface area (Å²) in [4.78, 5) is 23.1. The second-order valence-electron chi connectivity index (χ2n) is 6.08. The molecule has 3 aromatic rings. The van der Waals surface area contributed by atoms with Crippen LogP contribution in [0.3, 0.4) is 0 Å². The monoisotopic (exact) mass is 318 g/mol. The van der Waals surface area contributed by atoms with Crippen LogP contribution in [0.1, 0.15) is 34.8 Å². The van der Waals surface area contributed by atoms with E-state index in [-0.39, 0.29) is 5.91 Å². The minimum atomic E-state index is -0.0635. The first-order valence-corrected chi connectivity index (χ1v) is 7.94. The van der Waals surface area contributed by atoms with E-state index in [9.17, 15) is 4.79 Å². The standard InChI is InChI=1S/C17H14N6O/c24-16-13-4-2-1-3-11(13)9-22(16)17-18-8-7-14(20-17)15-21-19-10-23(15)12-5-6-12/h1-4,7-8,10,12H,5-6,9H2. The third-order valence-electron chi connectivity index (χ3n) is 4.45. The Bertz CT molecular complexity index is 946. The van der Waals surface area contributed by atoms with Crippen LogP contribution in [0.4, 0.5) is 5.95 Å². The smallest absolute Gasteiger partial charge is 0.261 e. The van der Waals surface area contributed by atoms with Crippen molar-refractivity contribution < 1.29 is 4.79 Å². The van der Waals surface area contributed by atoms with Crippen molar-refractivity contribution in [3.63, 3.8) is 0 Å². The third-order valence-corrected chi connectivity index (χ3v) is 4.45. The van der Waals surface area contributed by atoms with E-state index < -0.39 is 0 Å². The third kappa shape index (κ3) is 2.01. The Kier molecular flexibility index (Phi) is 2.76. The number of carbonyl (C=O) groups is 1. The predicted molar refractivity (Wildman–Crippen MR) is 86.3 cm³/mol. The normalized spacial score (nSPS) is 16.5. The van der Waals surface area contributed by atoms with Gasteiger partial charge in [-0.25, -0.2) is 9.97 Å². The van der Waals surface area contributed by atoms with Gasteiger partial charge in [-0.3, -0.25) is 9.69 Å². The lowest BCUT2D eigenvalue weighted by molar-refractivity contribution is 0.0995. The highest BCUT2D eigenvalue weighted by molar-refractivity contribution is 6.09. The summed E-state index contributed by atoms with van der Waals surface area (Å²) in [7, 11) is 0. The molecule has 0 radical (unpaired) electrons. The molecule has 118 valence electrons. The molecule has 1 aromatic carbocycles. The molecule has 2 aromatic heterocycles. The molecule has 7 nitrogen and oxygen atoms in total. The van der Waals surface area contributed by atoms with Crippen LogP contribution in [0.15, 0.2) is 42.9 Å². The second kappa shape index (κ2) is 4.95. The molecule has 0 bridgehead atoms. The molecule has 1 fully saturated rings. The lowest BCUT2D eigenvalue weighted by atomic mass is 10.1. The van der Waals surface area contributed by atoms with E-state index >= 15 is 0 Å². The van der Waals surface area contributed by atoms with Crippen LogP contribution < -0.4 is 4.90 Å². The molecule has 0 spiro atoms. The highest BCUT2D eigenvalue weighted by atomic mass is 16.2. The number of carbonyl (C=O) groups excluding carboxylic acids is 1. The molecular weight excluding hydrogens is 304 g/mol. The Labute approximate surface area is 138 Å². The summed E-state index contributed by atoms with van der Waals surface area (Å²) in [5.74, 6) is 1.07. The average molecular weight is 318 g/mol. The highest BCUT2D eigenvalue weighted by Gasteiger charge is 2.31. The SMILES string of the molecule is O=C1c2ccccc2CN1c1nccc(-c2nncn2C2CC2)n1. The van der Waals surface area contributed by atoms with Gasteiger partial charge in [0, 0.05) is 17.8 Å². The van der Waals surface area contributed by atoms with E-state index in [1.54, 1.807) is 23.5 Å². The first-order valence-electron chi connectivity index (χ1n) is 7.94. The van der Waals surface area contributed by atoms with E-state index in [1.807, 2.05) is 28.8 Å². The number of aromatic nitrogens is 5. The van der Waals surface area contributed by atoms with Gasteiger partial charge in [-0.05, 0) is 30.5 Å². The minimum absolute atomic E-state index is 0.0635. The highest BCUT2D eigenvalue weighted by Crippen LogP contribution is 2.37. The van der Waals surface area contributed by atoms with E-state index in [2.05, 4.69) is 20.2 Å². The van der Waals surface area contributed by atoms with Crippen LogP contribution in [-0.4, -0.2) is 30.6 Å². The zero-order valence-corrected chi connectivity index (χ0v) is 12.8. The topological polar surface area (TPSA) is 76.8 Å². The number of benzene rings is 1. The first kappa shape index (κ1) is 13.4. The number of nitrogens with zero attached hydrogens (tertiary/aromatic N) is 6. The minimum Gasteiger partial charge on any atom is -0.309 e. The van der Waals surface area contributed by atoms with Crippen molar-refractivity contribution >= 4 is 11.9 Å². The molecule has 0 N–H and O–H groups in total. The number of fused-ring (bicyclic) bond motifs is 1. The van der Waals surface area contributed by atoms with Crippen molar-refractivity contribution in [2.24, 2.45) is 0 Å². The maximum Gasteiger partial charge on any atom is 0.261 e. The average Bonchev–Trinajstić information content (AvgIpc) is 3.25. The molecule has 3 heterocycles. The Morgan fingerprint density at radius 1 is 1.12 bits per heavy atom. The number of anilines is 1. The molecular formula is C17H14N6O. The molecule has 0 atom stereocenters. The van der Waals surface area contributed by atoms with Gasteiger partial charge in [0.1, 0.15) is 12.0 Å². The summed E-state index contributed by atoms with van der Waals surface area (Å²) in [5.41, 5.74) is 2.40. The van der Waals surface area contributed by atoms with Crippen molar-refractivity contribution in [1.82, 2.24) is 24.7 Å². The van der Waals surface area contributed by atoms with Crippen LogP contribution in [0.2, 0.25) is 0 Å². The maximum atomic E-state index is 12.6. The lowest BCUT2D eigenvalue weighted by Crippen LogP contribution is -2.25. The molecule has 1 amide bonds. The second-order valence-corrected chi connectivity index (χ2v) is 6.08. The summed E-state index contributed by atoms with van der Waals surface area (Å²) in [6, 6.07) is 9.87. The number of amides is 1. The largest absolute Gasteiger partial charge is 0.309 e. The molecule has 5 rings (SSSR count). The Morgan fingerprint density at radius 2 is 2.00 bits per heavy atom. The summed E-state index contributed by atoms with van der Waals surface area (Å²) in [5, 5.41) is 8.20. The van der Waals surface area contributed by atoms with Crippen LogP contribution in [0, 0.1) is 0 Å². The predicted octanol–water partition coefficient (Wildman–Crippen LogP) is 2.23. The Hall–Kier alpha value is -3.09. The van der Waals surface area contributed by atoms with Crippen LogP contribution in [0.25, 0.3) is 11.5 Å². The molecule has 1 aliphatic carbocycles. The molecule has 1 aliphatic heterocycles. The van der Waals surface area contributed by atoms with Gasteiger partial charge in [0.05, 0.1) is 6.54 Å². The molecule has 2 aliphatic rings. The van der Waals surface area contributed by atoms with E-state index in [0.717, 1.165) is 24.2 Å². The van der Waals surface area contributed by atoms with Gasteiger partial charge < -0.3 is 4.57 Å². The fourth-order valence-electron chi connectivity index (χ4n) is 3.06. The Balaban J connectivity index is 1.52. The van der Waals surface area contributed by atoms with Gasteiger partial charge in [-0.1, -0.05) is 18.2 Å². The number of rotatable bonds is 3. The summed E-state index contributed by atoms with van der Waals surface area (Å²) < 4.78 is 2.05.